The monoisotopic (exact) mass is 296 g/mol. The minimum Gasteiger partial charge on any atom is -0.316 e. The second-order valence-electron chi connectivity index (χ2n) is 5.71. The molecule has 1 N–H and O–H groups in total. The summed E-state index contributed by atoms with van der Waals surface area (Å²) in [6.07, 6.45) is 7.70. The first-order chi connectivity index (χ1) is 8.10. The second-order valence-corrected chi connectivity index (χ2v) is 6.63. The van der Waals surface area contributed by atoms with Crippen LogP contribution in [0.25, 0.3) is 0 Å². The van der Waals surface area contributed by atoms with Crippen molar-refractivity contribution in [3.8, 4) is 0 Å². The minimum absolute atomic E-state index is 0.511. The molecule has 0 aromatic carbocycles. The number of nitrogens with one attached hydrogen (secondary N) is 1. The molecule has 1 aromatic heterocycles. The Morgan fingerprint density at radius 1 is 1.41 bits per heavy atom. The lowest BCUT2D eigenvalue weighted by Crippen LogP contribution is -2.28. The molecule has 0 aliphatic heterocycles. The van der Waals surface area contributed by atoms with E-state index >= 15 is 0 Å². The number of halogens is 1. The summed E-state index contributed by atoms with van der Waals surface area (Å²) < 4.78 is 1.08. The van der Waals surface area contributed by atoms with Crippen LogP contribution in [0.2, 0.25) is 0 Å². The predicted octanol–water partition coefficient (Wildman–Crippen LogP) is 3.41. The summed E-state index contributed by atoms with van der Waals surface area (Å²) in [5.74, 6) is 0.735. The Balaban J connectivity index is 1.85. The third kappa shape index (κ3) is 4.07. The van der Waals surface area contributed by atoms with Gasteiger partial charge in [-0.2, -0.15) is 0 Å². The van der Waals surface area contributed by atoms with E-state index in [0.717, 1.165) is 29.9 Å². The van der Waals surface area contributed by atoms with E-state index in [0.29, 0.717) is 5.41 Å². The highest BCUT2D eigenvalue weighted by Crippen LogP contribution is 2.47. The van der Waals surface area contributed by atoms with E-state index in [4.69, 9.17) is 0 Å². The van der Waals surface area contributed by atoms with Gasteiger partial charge in [0.1, 0.15) is 0 Å². The summed E-state index contributed by atoms with van der Waals surface area (Å²) in [6, 6.07) is 2.19. The van der Waals surface area contributed by atoms with Gasteiger partial charge in [-0.15, -0.1) is 0 Å². The number of aromatic nitrogens is 1. The molecule has 3 heteroatoms. The van der Waals surface area contributed by atoms with Gasteiger partial charge in [0.25, 0.3) is 0 Å². The van der Waals surface area contributed by atoms with Crippen molar-refractivity contribution in [1.29, 1.82) is 0 Å². The molecule has 1 saturated carbocycles. The lowest BCUT2D eigenvalue weighted by Gasteiger charge is -2.17. The lowest BCUT2D eigenvalue weighted by atomic mass is 9.97. The van der Waals surface area contributed by atoms with Crippen molar-refractivity contribution in [3.05, 3.63) is 28.5 Å². The van der Waals surface area contributed by atoms with Crippen molar-refractivity contribution >= 4 is 15.9 Å². The fourth-order valence-electron chi connectivity index (χ4n) is 2.20. The average Bonchev–Trinajstić information content (AvgIpc) is 2.97. The summed E-state index contributed by atoms with van der Waals surface area (Å²) >= 11 is 3.48. The van der Waals surface area contributed by atoms with Crippen LogP contribution < -0.4 is 5.32 Å². The molecule has 0 radical (unpaired) electrons. The molecule has 2 nitrogen and oxygen atoms in total. The van der Waals surface area contributed by atoms with E-state index in [1.165, 1.54) is 18.4 Å². The maximum absolute atomic E-state index is 4.24. The lowest BCUT2D eigenvalue weighted by molar-refractivity contribution is 0.431. The number of hydrogen-bond donors (Lipinski definition) is 1. The Labute approximate surface area is 112 Å². The largest absolute Gasteiger partial charge is 0.316 e. The number of hydrogen-bond acceptors (Lipinski definition) is 2. The van der Waals surface area contributed by atoms with E-state index in [-0.39, 0.29) is 0 Å². The molecule has 0 spiro atoms. The zero-order valence-electron chi connectivity index (χ0n) is 10.7. The standard InChI is InChI=1S/C14H21BrN2/c1-11(2)7-17-10-14(3-4-14)6-12-5-13(15)9-16-8-12/h5,8-9,11,17H,3-4,6-7,10H2,1-2H3. The second kappa shape index (κ2) is 5.49. The van der Waals surface area contributed by atoms with Gasteiger partial charge >= 0.3 is 0 Å². The number of pyridine rings is 1. The third-order valence-corrected chi connectivity index (χ3v) is 3.78. The molecule has 0 saturated heterocycles. The van der Waals surface area contributed by atoms with E-state index in [9.17, 15) is 0 Å². The molecule has 1 heterocycles. The smallest absolute Gasteiger partial charge is 0.0410 e. The predicted molar refractivity (Wildman–Crippen MR) is 75.0 cm³/mol. The number of nitrogens with zero attached hydrogens (tertiary/aromatic N) is 1. The summed E-state index contributed by atoms with van der Waals surface area (Å²) in [5.41, 5.74) is 1.86. The molecule has 1 aromatic rings. The van der Waals surface area contributed by atoms with Crippen molar-refractivity contribution < 1.29 is 0 Å². The maximum atomic E-state index is 4.24. The van der Waals surface area contributed by atoms with Crippen molar-refractivity contribution in [1.82, 2.24) is 10.3 Å². The first kappa shape index (κ1) is 13.0. The summed E-state index contributed by atoms with van der Waals surface area (Å²) in [6.45, 7) is 6.78. The van der Waals surface area contributed by atoms with Crippen LogP contribution in [0.5, 0.6) is 0 Å². The van der Waals surface area contributed by atoms with E-state index in [1.807, 2.05) is 12.4 Å². The van der Waals surface area contributed by atoms with Crippen molar-refractivity contribution in [2.24, 2.45) is 11.3 Å². The summed E-state index contributed by atoms with van der Waals surface area (Å²) in [4.78, 5) is 4.24. The molecule has 94 valence electrons. The summed E-state index contributed by atoms with van der Waals surface area (Å²) in [5, 5.41) is 3.59. The zero-order chi connectivity index (χ0) is 12.3. The van der Waals surface area contributed by atoms with Crippen LogP contribution in [-0.4, -0.2) is 18.1 Å². The van der Waals surface area contributed by atoms with Crippen molar-refractivity contribution in [2.45, 2.75) is 33.1 Å². The van der Waals surface area contributed by atoms with Crippen LogP contribution in [0, 0.1) is 11.3 Å². The molecule has 0 unspecified atom stereocenters. The quantitative estimate of drug-likeness (QED) is 0.870. The molecule has 2 rings (SSSR count). The van der Waals surface area contributed by atoms with Gasteiger partial charge < -0.3 is 5.32 Å². The van der Waals surface area contributed by atoms with Gasteiger partial charge in [0.15, 0.2) is 0 Å². The molecular formula is C14H21BrN2. The SMILES string of the molecule is CC(C)CNCC1(Cc2cncc(Br)c2)CC1. The van der Waals surface area contributed by atoms with Crippen LogP contribution >= 0.6 is 15.9 Å². The molecular weight excluding hydrogens is 276 g/mol. The van der Waals surface area contributed by atoms with E-state index in [1.54, 1.807) is 0 Å². The van der Waals surface area contributed by atoms with Crippen LogP contribution in [-0.2, 0) is 6.42 Å². The highest BCUT2D eigenvalue weighted by Gasteiger charge is 2.41. The Hall–Kier alpha value is -0.410. The molecule has 1 aliphatic rings. The van der Waals surface area contributed by atoms with Gasteiger partial charge in [0.05, 0.1) is 0 Å². The first-order valence-electron chi connectivity index (χ1n) is 6.40. The normalized spacial score (nSPS) is 17.4. The molecule has 0 bridgehead atoms. The Bertz CT molecular complexity index is 372. The van der Waals surface area contributed by atoms with Gasteiger partial charge in [-0.05, 0) is 64.7 Å². The maximum Gasteiger partial charge on any atom is 0.0410 e. The van der Waals surface area contributed by atoms with Crippen LogP contribution in [0.4, 0.5) is 0 Å². The van der Waals surface area contributed by atoms with Crippen molar-refractivity contribution in [3.63, 3.8) is 0 Å². The van der Waals surface area contributed by atoms with Crippen LogP contribution in [0.1, 0.15) is 32.3 Å². The topological polar surface area (TPSA) is 24.9 Å². The fourth-order valence-corrected chi connectivity index (χ4v) is 2.62. The first-order valence-corrected chi connectivity index (χ1v) is 7.19. The average molecular weight is 297 g/mol. The van der Waals surface area contributed by atoms with Gasteiger partial charge in [0.2, 0.25) is 0 Å². The van der Waals surface area contributed by atoms with Crippen LogP contribution in [0.3, 0.4) is 0 Å². The molecule has 1 fully saturated rings. The Morgan fingerprint density at radius 3 is 2.76 bits per heavy atom. The highest BCUT2D eigenvalue weighted by molar-refractivity contribution is 9.10. The fraction of sp³-hybridized carbons (Fsp3) is 0.643. The highest BCUT2D eigenvalue weighted by atomic mass is 79.9. The molecule has 0 amide bonds. The van der Waals surface area contributed by atoms with E-state index < -0.39 is 0 Å². The zero-order valence-corrected chi connectivity index (χ0v) is 12.3. The Morgan fingerprint density at radius 2 is 2.18 bits per heavy atom. The van der Waals surface area contributed by atoms with Crippen LogP contribution in [0.15, 0.2) is 22.9 Å². The number of rotatable bonds is 6. The molecule has 1 aliphatic carbocycles. The van der Waals surface area contributed by atoms with Gasteiger partial charge in [-0.3, -0.25) is 4.98 Å². The minimum atomic E-state index is 0.511. The van der Waals surface area contributed by atoms with Gasteiger partial charge in [-0.25, -0.2) is 0 Å². The molecule has 17 heavy (non-hydrogen) atoms. The van der Waals surface area contributed by atoms with E-state index in [2.05, 4.69) is 46.1 Å². The van der Waals surface area contributed by atoms with Gasteiger partial charge in [0, 0.05) is 23.4 Å². The molecule has 0 atom stereocenters. The van der Waals surface area contributed by atoms with Crippen molar-refractivity contribution in [2.75, 3.05) is 13.1 Å². The summed E-state index contributed by atoms with van der Waals surface area (Å²) in [7, 11) is 0. The van der Waals surface area contributed by atoms with Gasteiger partial charge in [-0.1, -0.05) is 13.8 Å². The third-order valence-electron chi connectivity index (χ3n) is 3.35. The Kier molecular flexibility index (Phi) is 4.21.